The van der Waals surface area contributed by atoms with Crippen LogP contribution in [0.15, 0.2) is 212 Å². The fraction of sp³-hybridized carbons (Fsp3) is 0. The standard InChI is InChI=1S/C59H35N3/c1-3-9-36(10-4-1)37-17-23-45(24-18-37)58-60-57(44-11-5-2-6-12-44)61-59(62-58)48-34-46(49-29-25-42-21-19-38-13-7-15-40-27-31-51(49)55(42)53(38)40)33-47(35-48)50-30-26-43-22-20-39-14-8-16-41-28-32-52(50)56(43)54(39)41/h1-35H. The van der Waals surface area contributed by atoms with Gasteiger partial charge in [-0.3, -0.25) is 0 Å². The molecule has 0 atom stereocenters. The van der Waals surface area contributed by atoms with Crippen LogP contribution in [-0.4, -0.2) is 15.0 Å². The predicted octanol–water partition coefficient (Wildman–Crippen LogP) is 15.7. The van der Waals surface area contributed by atoms with Gasteiger partial charge in [-0.2, -0.15) is 0 Å². The molecule has 0 bridgehead atoms. The van der Waals surface area contributed by atoms with E-state index in [0.717, 1.165) is 33.4 Å². The molecule has 3 nitrogen and oxygen atoms in total. The second-order valence-corrected chi connectivity index (χ2v) is 16.4. The van der Waals surface area contributed by atoms with E-state index in [2.05, 4.69) is 188 Å². The van der Waals surface area contributed by atoms with Crippen molar-refractivity contribution in [2.75, 3.05) is 0 Å². The first-order chi connectivity index (χ1) is 30.7. The summed E-state index contributed by atoms with van der Waals surface area (Å²) in [5.41, 5.74) is 9.67. The smallest absolute Gasteiger partial charge is 0.164 e. The van der Waals surface area contributed by atoms with E-state index in [1.807, 2.05) is 24.3 Å². The van der Waals surface area contributed by atoms with Gasteiger partial charge in [0.25, 0.3) is 0 Å². The SMILES string of the molecule is c1ccc(-c2ccc(-c3nc(-c4ccccc4)nc(-c4cc(-c5ccc6ccc7cccc8ccc5c6c78)cc(-c5ccc6ccc7cccc8ccc5c6c78)c4)n3)cc2)cc1. The van der Waals surface area contributed by atoms with Crippen LogP contribution < -0.4 is 0 Å². The molecule has 0 aliphatic heterocycles. The summed E-state index contributed by atoms with van der Waals surface area (Å²) in [6, 6.07) is 76.6. The molecule has 0 spiro atoms. The van der Waals surface area contributed by atoms with Gasteiger partial charge in [-0.05, 0) is 116 Å². The summed E-state index contributed by atoms with van der Waals surface area (Å²) in [7, 11) is 0. The van der Waals surface area contributed by atoms with Crippen molar-refractivity contribution in [1.82, 2.24) is 15.0 Å². The lowest BCUT2D eigenvalue weighted by molar-refractivity contribution is 1.07. The molecule has 0 aliphatic rings. The molecule has 0 saturated carbocycles. The maximum atomic E-state index is 5.31. The second kappa shape index (κ2) is 13.6. The molecular weight excluding hydrogens is 751 g/mol. The van der Waals surface area contributed by atoms with E-state index in [0.29, 0.717) is 17.5 Å². The Morgan fingerprint density at radius 1 is 0.210 bits per heavy atom. The van der Waals surface area contributed by atoms with Crippen molar-refractivity contribution in [2.45, 2.75) is 0 Å². The van der Waals surface area contributed by atoms with E-state index in [-0.39, 0.29) is 0 Å². The Morgan fingerprint density at radius 3 is 1.03 bits per heavy atom. The molecule has 286 valence electrons. The Kier molecular flexibility index (Phi) is 7.60. The van der Waals surface area contributed by atoms with Crippen LogP contribution in [0.2, 0.25) is 0 Å². The van der Waals surface area contributed by atoms with Crippen LogP contribution in [0.1, 0.15) is 0 Å². The molecule has 13 rings (SSSR count). The van der Waals surface area contributed by atoms with Gasteiger partial charge < -0.3 is 0 Å². The Bertz CT molecular complexity index is 3640. The van der Waals surface area contributed by atoms with Crippen molar-refractivity contribution in [3.05, 3.63) is 212 Å². The minimum Gasteiger partial charge on any atom is -0.208 e. The van der Waals surface area contributed by atoms with Crippen molar-refractivity contribution in [3.63, 3.8) is 0 Å². The van der Waals surface area contributed by atoms with Gasteiger partial charge in [0, 0.05) is 16.7 Å². The van der Waals surface area contributed by atoms with E-state index < -0.39 is 0 Å². The highest BCUT2D eigenvalue weighted by Gasteiger charge is 2.19. The number of hydrogen-bond donors (Lipinski definition) is 0. The molecule has 1 heterocycles. The fourth-order valence-corrected chi connectivity index (χ4v) is 9.83. The molecule has 3 heteroatoms. The highest BCUT2D eigenvalue weighted by atomic mass is 15.0. The molecule has 62 heavy (non-hydrogen) atoms. The van der Waals surface area contributed by atoms with Gasteiger partial charge in [-0.1, -0.05) is 194 Å². The summed E-state index contributed by atoms with van der Waals surface area (Å²) in [6.45, 7) is 0. The number of rotatable bonds is 6. The summed E-state index contributed by atoms with van der Waals surface area (Å²) in [5.74, 6) is 1.89. The zero-order valence-corrected chi connectivity index (χ0v) is 33.5. The minimum absolute atomic E-state index is 0.625. The van der Waals surface area contributed by atoms with Crippen molar-refractivity contribution in [2.24, 2.45) is 0 Å². The lowest BCUT2D eigenvalue weighted by Gasteiger charge is -2.18. The number of benzene rings is 12. The van der Waals surface area contributed by atoms with E-state index >= 15 is 0 Å². The van der Waals surface area contributed by atoms with Crippen LogP contribution >= 0.6 is 0 Å². The van der Waals surface area contributed by atoms with Crippen molar-refractivity contribution >= 4 is 64.6 Å². The molecule has 0 N–H and O–H groups in total. The lowest BCUT2D eigenvalue weighted by Crippen LogP contribution is -2.01. The molecule has 12 aromatic carbocycles. The van der Waals surface area contributed by atoms with Crippen molar-refractivity contribution in [3.8, 4) is 67.5 Å². The second-order valence-electron chi connectivity index (χ2n) is 16.4. The summed E-state index contributed by atoms with van der Waals surface area (Å²) in [4.78, 5) is 15.7. The third kappa shape index (κ3) is 5.49. The Labute approximate surface area is 357 Å². The van der Waals surface area contributed by atoms with E-state index in [1.165, 1.54) is 81.3 Å². The van der Waals surface area contributed by atoms with Crippen LogP contribution in [0.5, 0.6) is 0 Å². The summed E-state index contributed by atoms with van der Waals surface area (Å²) in [5, 5.41) is 15.1. The third-order valence-corrected chi connectivity index (χ3v) is 12.8. The average molecular weight is 786 g/mol. The maximum Gasteiger partial charge on any atom is 0.164 e. The van der Waals surface area contributed by atoms with Crippen LogP contribution in [0, 0.1) is 0 Å². The maximum absolute atomic E-state index is 5.31. The molecule has 0 amide bonds. The number of nitrogens with zero attached hydrogens (tertiary/aromatic N) is 3. The van der Waals surface area contributed by atoms with Crippen molar-refractivity contribution < 1.29 is 0 Å². The van der Waals surface area contributed by atoms with Crippen LogP contribution in [0.3, 0.4) is 0 Å². The number of hydrogen-bond acceptors (Lipinski definition) is 3. The van der Waals surface area contributed by atoms with Crippen LogP contribution in [0.25, 0.3) is 132 Å². The van der Waals surface area contributed by atoms with Gasteiger partial charge in [0.05, 0.1) is 0 Å². The zero-order valence-electron chi connectivity index (χ0n) is 33.5. The molecule has 0 aliphatic carbocycles. The monoisotopic (exact) mass is 785 g/mol. The summed E-state index contributed by atoms with van der Waals surface area (Å²) < 4.78 is 0. The highest BCUT2D eigenvalue weighted by molar-refractivity contribution is 6.27. The molecule has 1 aromatic heterocycles. The van der Waals surface area contributed by atoms with Gasteiger partial charge in [-0.25, -0.2) is 15.0 Å². The normalized spacial score (nSPS) is 11.9. The Hall–Kier alpha value is -8.27. The largest absolute Gasteiger partial charge is 0.208 e. The van der Waals surface area contributed by atoms with Gasteiger partial charge in [0.1, 0.15) is 0 Å². The first kappa shape index (κ1) is 34.6. The van der Waals surface area contributed by atoms with Crippen LogP contribution in [0.4, 0.5) is 0 Å². The van der Waals surface area contributed by atoms with Crippen LogP contribution in [-0.2, 0) is 0 Å². The molecule has 0 saturated heterocycles. The number of aromatic nitrogens is 3. The lowest BCUT2D eigenvalue weighted by atomic mass is 9.86. The first-order valence-electron chi connectivity index (χ1n) is 21.2. The van der Waals surface area contributed by atoms with Crippen molar-refractivity contribution in [1.29, 1.82) is 0 Å². The third-order valence-electron chi connectivity index (χ3n) is 12.8. The Balaban J connectivity index is 1.07. The van der Waals surface area contributed by atoms with Gasteiger partial charge in [-0.15, -0.1) is 0 Å². The van der Waals surface area contributed by atoms with Gasteiger partial charge >= 0.3 is 0 Å². The summed E-state index contributed by atoms with van der Waals surface area (Å²) >= 11 is 0. The quantitative estimate of drug-likeness (QED) is 0.158. The molecule has 0 fully saturated rings. The van der Waals surface area contributed by atoms with Gasteiger partial charge in [0.2, 0.25) is 0 Å². The molecule has 0 radical (unpaired) electrons. The Morgan fingerprint density at radius 2 is 0.548 bits per heavy atom. The zero-order chi connectivity index (χ0) is 40.7. The average Bonchev–Trinajstić information content (AvgIpc) is 3.35. The minimum atomic E-state index is 0.625. The van der Waals surface area contributed by atoms with E-state index in [1.54, 1.807) is 0 Å². The fourth-order valence-electron chi connectivity index (χ4n) is 9.83. The molecule has 13 aromatic rings. The van der Waals surface area contributed by atoms with E-state index in [9.17, 15) is 0 Å². The molecule has 0 unspecified atom stereocenters. The topological polar surface area (TPSA) is 38.7 Å². The summed E-state index contributed by atoms with van der Waals surface area (Å²) in [6.07, 6.45) is 0. The predicted molar refractivity (Wildman–Crippen MR) is 260 cm³/mol. The first-order valence-corrected chi connectivity index (χ1v) is 21.2. The molecular formula is C59H35N3. The highest BCUT2D eigenvalue weighted by Crippen LogP contribution is 2.44. The van der Waals surface area contributed by atoms with Gasteiger partial charge in [0.15, 0.2) is 17.5 Å². The van der Waals surface area contributed by atoms with E-state index in [4.69, 9.17) is 15.0 Å².